The van der Waals surface area contributed by atoms with E-state index in [2.05, 4.69) is 4.90 Å². The van der Waals surface area contributed by atoms with Crippen LogP contribution in [0.2, 0.25) is 0 Å². The Kier molecular flexibility index (Phi) is 6.30. The molecule has 4 fully saturated rings. The highest BCUT2D eigenvalue weighted by molar-refractivity contribution is 5.96. The van der Waals surface area contributed by atoms with Crippen LogP contribution in [0, 0.1) is 5.92 Å². The van der Waals surface area contributed by atoms with Gasteiger partial charge in [0.1, 0.15) is 12.1 Å². The van der Waals surface area contributed by atoms with Crippen molar-refractivity contribution < 1.29 is 14.4 Å². The van der Waals surface area contributed by atoms with Crippen LogP contribution in [0.5, 0.6) is 0 Å². The first-order valence-electron chi connectivity index (χ1n) is 12.8. The molecule has 7 nitrogen and oxygen atoms in total. The topological polar surface area (TPSA) is 64.2 Å². The Morgan fingerprint density at radius 1 is 0.848 bits per heavy atom. The highest BCUT2D eigenvalue weighted by Crippen LogP contribution is 2.40. The van der Waals surface area contributed by atoms with Gasteiger partial charge in [-0.3, -0.25) is 14.4 Å². The third kappa shape index (κ3) is 4.22. The standard InChI is InChI=1S/C26H36N4O3/c31-23(27-15-7-8-16-27)19-29-20-30(22-11-5-2-6-12-22)26(25(29)33)13-17-28(18-14-26)24(32)21-9-3-1-4-10-21/h2,5-6,11-12,21H,1,3-4,7-10,13-20H2. The number of hydrogen-bond acceptors (Lipinski definition) is 4. The van der Waals surface area contributed by atoms with E-state index in [4.69, 9.17) is 0 Å². The number of amides is 3. The normalized spacial score (nSPS) is 23.6. The Morgan fingerprint density at radius 2 is 1.52 bits per heavy atom. The number of rotatable bonds is 4. The summed E-state index contributed by atoms with van der Waals surface area (Å²) in [5.41, 5.74) is 0.338. The number of carbonyl (C=O) groups is 3. The van der Waals surface area contributed by atoms with E-state index in [0.29, 0.717) is 32.6 Å². The van der Waals surface area contributed by atoms with Gasteiger partial charge in [0, 0.05) is 37.8 Å². The van der Waals surface area contributed by atoms with Crippen LogP contribution in [0.1, 0.15) is 57.8 Å². The minimum absolute atomic E-state index is 0.0451. The summed E-state index contributed by atoms with van der Waals surface area (Å²) in [6.45, 7) is 3.39. The van der Waals surface area contributed by atoms with Crippen molar-refractivity contribution >= 4 is 23.4 Å². The molecule has 3 heterocycles. The van der Waals surface area contributed by atoms with Gasteiger partial charge in [-0.1, -0.05) is 37.5 Å². The first kappa shape index (κ1) is 22.2. The molecule has 7 heteroatoms. The Labute approximate surface area is 196 Å². The molecule has 0 atom stereocenters. The molecule has 1 aliphatic carbocycles. The molecule has 0 N–H and O–H groups in total. The van der Waals surface area contributed by atoms with E-state index in [1.165, 1.54) is 6.42 Å². The number of piperidine rings is 1. The van der Waals surface area contributed by atoms with Crippen LogP contribution in [-0.2, 0) is 14.4 Å². The smallest absolute Gasteiger partial charge is 0.250 e. The molecule has 5 rings (SSSR count). The van der Waals surface area contributed by atoms with E-state index in [-0.39, 0.29) is 30.2 Å². The second kappa shape index (κ2) is 9.35. The van der Waals surface area contributed by atoms with Crippen LogP contribution in [0.4, 0.5) is 5.69 Å². The van der Waals surface area contributed by atoms with Gasteiger partial charge in [-0.15, -0.1) is 0 Å². The number of benzene rings is 1. The van der Waals surface area contributed by atoms with Gasteiger partial charge in [-0.05, 0) is 50.7 Å². The summed E-state index contributed by atoms with van der Waals surface area (Å²) in [5, 5.41) is 0. The fourth-order valence-corrected chi connectivity index (χ4v) is 6.26. The van der Waals surface area contributed by atoms with Gasteiger partial charge in [0.15, 0.2) is 0 Å². The van der Waals surface area contributed by atoms with E-state index < -0.39 is 5.54 Å². The molecule has 1 spiro atoms. The van der Waals surface area contributed by atoms with Gasteiger partial charge in [0.2, 0.25) is 11.8 Å². The average Bonchev–Trinajstić information content (AvgIpc) is 3.49. The quantitative estimate of drug-likeness (QED) is 0.705. The second-order valence-corrected chi connectivity index (χ2v) is 10.2. The van der Waals surface area contributed by atoms with Crippen molar-refractivity contribution in [3.63, 3.8) is 0 Å². The molecule has 3 saturated heterocycles. The summed E-state index contributed by atoms with van der Waals surface area (Å²) < 4.78 is 0. The molecule has 178 valence electrons. The van der Waals surface area contributed by atoms with Crippen molar-refractivity contribution in [3.05, 3.63) is 30.3 Å². The summed E-state index contributed by atoms with van der Waals surface area (Å²) in [6, 6.07) is 10.1. The third-order valence-electron chi connectivity index (χ3n) is 8.22. The fourth-order valence-electron chi connectivity index (χ4n) is 6.26. The molecule has 1 saturated carbocycles. The zero-order valence-corrected chi connectivity index (χ0v) is 19.6. The molecule has 3 aliphatic heterocycles. The summed E-state index contributed by atoms with van der Waals surface area (Å²) >= 11 is 0. The molecule has 3 amide bonds. The molecule has 0 radical (unpaired) electrons. The molecule has 1 aromatic rings. The Balaban J connectivity index is 1.33. The first-order chi connectivity index (χ1) is 16.1. The van der Waals surface area contributed by atoms with Crippen molar-refractivity contribution in [2.75, 3.05) is 44.3 Å². The van der Waals surface area contributed by atoms with Crippen molar-refractivity contribution in [3.8, 4) is 0 Å². The monoisotopic (exact) mass is 452 g/mol. The highest BCUT2D eigenvalue weighted by Gasteiger charge is 2.54. The number of para-hydroxylation sites is 1. The number of carbonyl (C=O) groups excluding carboxylic acids is 3. The van der Waals surface area contributed by atoms with Crippen molar-refractivity contribution in [2.24, 2.45) is 5.92 Å². The number of anilines is 1. The molecular weight excluding hydrogens is 416 g/mol. The lowest BCUT2D eigenvalue weighted by molar-refractivity contribution is -0.143. The molecule has 1 aromatic carbocycles. The SMILES string of the molecule is O=C(CN1CN(c2ccccc2)C2(CCN(C(=O)C3CCCCC3)CC2)C1=O)N1CCCC1. The number of nitrogens with zero attached hydrogens (tertiary/aromatic N) is 4. The Bertz CT molecular complexity index is 869. The number of likely N-dealkylation sites (tertiary alicyclic amines) is 2. The molecule has 33 heavy (non-hydrogen) atoms. The Morgan fingerprint density at radius 3 is 2.18 bits per heavy atom. The van der Waals surface area contributed by atoms with E-state index in [9.17, 15) is 14.4 Å². The van der Waals surface area contributed by atoms with Crippen LogP contribution in [0.3, 0.4) is 0 Å². The van der Waals surface area contributed by atoms with E-state index in [0.717, 1.165) is 57.3 Å². The van der Waals surface area contributed by atoms with Gasteiger partial charge in [0.25, 0.3) is 5.91 Å². The van der Waals surface area contributed by atoms with Crippen LogP contribution in [-0.4, -0.2) is 77.4 Å². The van der Waals surface area contributed by atoms with Gasteiger partial charge in [-0.25, -0.2) is 0 Å². The zero-order valence-electron chi connectivity index (χ0n) is 19.6. The van der Waals surface area contributed by atoms with Crippen LogP contribution < -0.4 is 4.90 Å². The lowest BCUT2D eigenvalue weighted by Gasteiger charge is -2.44. The van der Waals surface area contributed by atoms with Crippen LogP contribution >= 0.6 is 0 Å². The van der Waals surface area contributed by atoms with Gasteiger partial charge < -0.3 is 19.6 Å². The van der Waals surface area contributed by atoms with Crippen LogP contribution in [0.25, 0.3) is 0 Å². The summed E-state index contributed by atoms with van der Waals surface area (Å²) in [4.78, 5) is 47.6. The Hall–Kier alpha value is -2.57. The van der Waals surface area contributed by atoms with Gasteiger partial charge in [-0.2, -0.15) is 0 Å². The second-order valence-electron chi connectivity index (χ2n) is 10.2. The largest absolute Gasteiger partial charge is 0.342 e. The zero-order chi connectivity index (χ0) is 22.8. The minimum atomic E-state index is -0.671. The van der Waals surface area contributed by atoms with E-state index in [1.807, 2.05) is 40.1 Å². The molecular formula is C26H36N4O3. The van der Waals surface area contributed by atoms with E-state index in [1.54, 1.807) is 4.90 Å². The molecule has 4 aliphatic rings. The van der Waals surface area contributed by atoms with Crippen molar-refractivity contribution in [2.45, 2.75) is 63.3 Å². The molecule has 0 aromatic heterocycles. The van der Waals surface area contributed by atoms with Crippen molar-refractivity contribution in [1.29, 1.82) is 0 Å². The van der Waals surface area contributed by atoms with Gasteiger partial charge in [0.05, 0.1) is 6.67 Å². The third-order valence-corrected chi connectivity index (χ3v) is 8.22. The fraction of sp³-hybridized carbons (Fsp3) is 0.654. The lowest BCUT2D eigenvalue weighted by atomic mass is 9.83. The maximum absolute atomic E-state index is 13.8. The summed E-state index contributed by atoms with van der Waals surface area (Å²) in [5.74, 6) is 0.536. The van der Waals surface area contributed by atoms with Crippen LogP contribution in [0.15, 0.2) is 30.3 Å². The summed E-state index contributed by atoms with van der Waals surface area (Å²) in [6.07, 6.45) is 8.86. The molecule has 0 bridgehead atoms. The number of hydrogen-bond donors (Lipinski definition) is 0. The summed E-state index contributed by atoms with van der Waals surface area (Å²) in [7, 11) is 0. The van der Waals surface area contributed by atoms with Gasteiger partial charge >= 0.3 is 0 Å². The molecule has 0 unspecified atom stereocenters. The maximum atomic E-state index is 13.8. The predicted molar refractivity (Wildman–Crippen MR) is 126 cm³/mol. The average molecular weight is 453 g/mol. The lowest BCUT2D eigenvalue weighted by Crippen LogP contribution is -2.58. The maximum Gasteiger partial charge on any atom is 0.250 e. The first-order valence-corrected chi connectivity index (χ1v) is 12.8. The minimum Gasteiger partial charge on any atom is -0.342 e. The predicted octanol–water partition coefficient (Wildman–Crippen LogP) is 2.86. The van der Waals surface area contributed by atoms with E-state index >= 15 is 0 Å². The van der Waals surface area contributed by atoms with Crippen molar-refractivity contribution in [1.82, 2.24) is 14.7 Å². The highest BCUT2D eigenvalue weighted by atomic mass is 16.2.